The van der Waals surface area contributed by atoms with E-state index in [0.29, 0.717) is 41.0 Å². The molecule has 0 radical (unpaired) electrons. The van der Waals surface area contributed by atoms with Crippen LogP contribution in [0.3, 0.4) is 0 Å². The third-order valence-electron chi connectivity index (χ3n) is 4.85. The highest BCUT2D eigenvalue weighted by Gasteiger charge is 2.33. The van der Waals surface area contributed by atoms with Gasteiger partial charge in [-0.15, -0.1) is 13.2 Å². The molecule has 0 N–H and O–H groups in total. The minimum Gasteiger partial charge on any atom is -0.406 e. The number of ether oxygens (including phenoxy) is 1. The van der Waals surface area contributed by atoms with Gasteiger partial charge in [0.15, 0.2) is 0 Å². The summed E-state index contributed by atoms with van der Waals surface area (Å²) >= 11 is 0. The number of carbonyl (C=O) groups excluding carboxylic acids is 2. The van der Waals surface area contributed by atoms with Crippen molar-refractivity contribution in [1.82, 2.24) is 9.78 Å². The van der Waals surface area contributed by atoms with Crippen molar-refractivity contribution >= 4 is 17.9 Å². The van der Waals surface area contributed by atoms with E-state index in [4.69, 9.17) is 0 Å². The van der Waals surface area contributed by atoms with Gasteiger partial charge in [-0.25, -0.2) is 4.68 Å². The Hall–Kier alpha value is -3.62. The fourth-order valence-corrected chi connectivity index (χ4v) is 3.45. The van der Waals surface area contributed by atoms with Crippen LogP contribution in [0.15, 0.2) is 48.7 Å². The number of rotatable bonds is 4. The predicted molar refractivity (Wildman–Crippen MR) is 102 cm³/mol. The molecule has 1 aromatic heterocycles. The van der Waals surface area contributed by atoms with Gasteiger partial charge in [0.05, 0.1) is 23.3 Å². The fourth-order valence-electron chi connectivity index (χ4n) is 3.45. The Morgan fingerprint density at radius 3 is 2.53 bits per heavy atom. The second-order valence-corrected chi connectivity index (χ2v) is 6.83. The molecule has 2 heterocycles. The van der Waals surface area contributed by atoms with Gasteiger partial charge in [0.25, 0.3) is 5.91 Å². The van der Waals surface area contributed by atoms with Gasteiger partial charge >= 0.3 is 6.36 Å². The van der Waals surface area contributed by atoms with Crippen LogP contribution in [-0.4, -0.2) is 34.9 Å². The number of benzene rings is 2. The molecule has 0 saturated carbocycles. The van der Waals surface area contributed by atoms with E-state index in [0.717, 1.165) is 18.0 Å². The van der Waals surface area contributed by atoms with Gasteiger partial charge < -0.3 is 9.64 Å². The van der Waals surface area contributed by atoms with E-state index in [-0.39, 0.29) is 11.7 Å². The number of alkyl halides is 3. The van der Waals surface area contributed by atoms with Gasteiger partial charge in [-0.05, 0) is 61.4 Å². The SMILES string of the molecule is Cc1nn(-c2ccc(C=O)cc2)cc1N1CCc2cc(OC(F)(F)F)ccc2C1=O. The van der Waals surface area contributed by atoms with Crippen LogP contribution >= 0.6 is 0 Å². The Kier molecular flexibility index (Phi) is 4.81. The highest BCUT2D eigenvalue weighted by molar-refractivity contribution is 6.08. The molecular weight excluding hydrogens is 399 g/mol. The molecule has 0 saturated heterocycles. The van der Waals surface area contributed by atoms with Crippen molar-refractivity contribution in [2.45, 2.75) is 19.7 Å². The first kappa shape index (κ1) is 19.7. The lowest BCUT2D eigenvalue weighted by Crippen LogP contribution is -2.37. The Labute approximate surface area is 169 Å². The van der Waals surface area contributed by atoms with Gasteiger partial charge in [0.1, 0.15) is 12.0 Å². The maximum atomic E-state index is 13.0. The largest absolute Gasteiger partial charge is 0.573 e. The standard InChI is InChI=1S/C21H16F3N3O3/c1-13-19(11-27(25-13)16-4-2-14(12-28)3-5-16)26-9-8-15-10-17(30-21(22,23)24)6-7-18(15)20(26)29/h2-7,10-12H,8-9H2,1H3. The van der Waals surface area contributed by atoms with Crippen molar-refractivity contribution in [3.63, 3.8) is 0 Å². The van der Waals surface area contributed by atoms with E-state index in [1.165, 1.54) is 12.1 Å². The van der Waals surface area contributed by atoms with Crippen LogP contribution in [0.4, 0.5) is 18.9 Å². The summed E-state index contributed by atoms with van der Waals surface area (Å²) in [6.45, 7) is 2.08. The van der Waals surface area contributed by atoms with Crippen molar-refractivity contribution in [3.05, 3.63) is 71.0 Å². The molecule has 2 aromatic carbocycles. The van der Waals surface area contributed by atoms with Crippen LogP contribution in [0.2, 0.25) is 0 Å². The molecule has 1 aliphatic rings. The molecule has 0 atom stereocenters. The Morgan fingerprint density at radius 2 is 1.87 bits per heavy atom. The number of aromatic nitrogens is 2. The van der Waals surface area contributed by atoms with E-state index in [1.807, 2.05) is 0 Å². The topological polar surface area (TPSA) is 64.4 Å². The molecule has 0 bridgehead atoms. The summed E-state index contributed by atoms with van der Waals surface area (Å²) in [6, 6.07) is 10.6. The van der Waals surface area contributed by atoms with Gasteiger partial charge in [-0.3, -0.25) is 9.59 Å². The number of carbonyl (C=O) groups is 2. The predicted octanol–water partition coefficient (Wildman–Crippen LogP) is 4.09. The average molecular weight is 415 g/mol. The molecule has 6 nitrogen and oxygen atoms in total. The minimum absolute atomic E-state index is 0.303. The molecule has 30 heavy (non-hydrogen) atoms. The second-order valence-electron chi connectivity index (χ2n) is 6.83. The summed E-state index contributed by atoms with van der Waals surface area (Å²) in [5, 5.41) is 4.45. The second kappa shape index (κ2) is 7.33. The number of nitrogens with zero attached hydrogens (tertiary/aromatic N) is 3. The number of aryl methyl sites for hydroxylation is 1. The van der Waals surface area contributed by atoms with Crippen LogP contribution in [0, 0.1) is 6.92 Å². The average Bonchev–Trinajstić information content (AvgIpc) is 3.08. The molecule has 0 aliphatic carbocycles. The van der Waals surface area contributed by atoms with Gasteiger partial charge in [0.2, 0.25) is 0 Å². The number of anilines is 1. The van der Waals surface area contributed by atoms with Crippen LogP contribution in [0.25, 0.3) is 5.69 Å². The lowest BCUT2D eigenvalue weighted by atomic mass is 9.98. The molecule has 154 valence electrons. The van der Waals surface area contributed by atoms with Crippen molar-refractivity contribution in [2.24, 2.45) is 0 Å². The first-order valence-corrected chi connectivity index (χ1v) is 9.07. The van der Waals surface area contributed by atoms with Crippen molar-refractivity contribution in [1.29, 1.82) is 0 Å². The third kappa shape index (κ3) is 3.78. The van der Waals surface area contributed by atoms with Crippen LogP contribution in [0.1, 0.15) is 32.0 Å². The van der Waals surface area contributed by atoms with Crippen LogP contribution in [-0.2, 0) is 6.42 Å². The molecule has 0 spiro atoms. The van der Waals surface area contributed by atoms with E-state index in [9.17, 15) is 22.8 Å². The van der Waals surface area contributed by atoms with Gasteiger partial charge in [0, 0.05) is 17.7 Å². The van der Waals surface area contributed by atoms with Gasteiger partial charge in [-0.2, -0.15) is 5.10 Å². The number of hydrogen-bond acceptors (Lipinski definition) is 4. The van der Waals surface area contributed by atoms with Crippen molar-refractivity contribution < 1.29 is 27.5 Å². The summed E-state index contributed by atoms with van der Waals surface area (Å²) in [5.74, 6) is -0.654. The molecule has 1 aliphatic heterocycles. The van der Waals surface area contributed by atoms with Crippen LogP contribution < -0.4 is 9.64 Å². The molecule has 0 unspecified atom stereocenters. The first-order chi connectivity index (χ1) is 14.2. The van der Waals surface area contributed by atoms with Gasteiger partial charge in [-0.1, -0.05) is 0 Å². The van der Waals surface area contributed by atoms with Crippen LogP contribution in [0.5, 0.6) is 5.75 Å². The summed E-state index contributed by atoms with van der Waals surface area (Å²) in [7, 11) is 0. The Bertz CT molecular complexity index is 1120. The molecule has 3 aromatic rings. The normalized spacial score (nSPS) is 13.9. The smallest absolute Gasteiger partial charge is 0.406 e. The maximum Gasteiger partial charge on any atom is 0.573 e. The minimum atomic E-state index is -4.78. The van der Waals surface area contributed by atoms with E-state index >= 15 is 0 Å². The number of amides is 1. The zero-order chi connectivity index (χ0) is 21.5. The fraction of sp³-hybridized carbons (Fsp3) is 0.190. The summed E-state index contributed by atoms with van der Waals surface area (Å²) in [4.78, 5) is 25.4. The number of hydrogen-bond donors (Lipinski definition) is 0. The van der Waals surface area contributed by atoms with Crippen molar-refractivity contribution in [3.8, 4) is 11.4 Å². The van der Waals surface area contributed by atoms with Crippen molar-refractivity contribution in [2.75, 3.05) is 11.4 Å². The summed E-state index contributed by atoms with van der Waals surface area (Å²) in [6.07, 6.45) is -1.93. The molecule has 1 amide bonds. The zero-order valence-electron chi connectivity index (χ0n) is 15.8. The monoisotopic (exact) mass is 415 g/mol. The lowest BCUT2D eigenvalue weighted by Gasteiger charge is -2.28. The quantitative estimate of drug-likeness (QED) is 0.602. The molecular formula is C21H16F3N3O3. The number of halogens is 3. The zero-order valence-corrected chi connectivity index (χ0v) is 15.8. The highest BCUT2D eigenvalue weighted by atomic mass is 19.4. The number of fused-ring (bicyclic) bond motifs is 1. The Morgan fingerprint density at radius 1 is 1.13 bits per heavy atom. The molecule has 9 heteroatoms. The lowest BCUT2D eigenvalue weighted by molar-refractivity contribution is -0.274. The molecule has 4 rings (SSSR count). The summed E-state index contributed by atoms with van der Waals surface area (Å²) in [5.41, 5.74) is 3.35. The van der Waals surface area contributed by atoms with E-state index < -0.39 is 6.36 Å². The number of aldehydes is 1. The van der Waals surface area contributed by atoms with E-state index in [1.54, 1.807) is 47.0 Å². The third-order valence-corrected chi connectivity index (χ3v) is 4.85. The molecule has 0 fully saturated rings. The highest BCUT2D eigenvalue weighted by Crippen LogP contribution is 2.31. The van der Waals surface area contributed by atoms with E-state index in [2.05, 4.69) is 9.84 Å². The Balaban J connectivity index is 1.61. The first-order valence-electron chi connectivity index (χ1n) is 9.07. The maximum absolute atomic E-state index is 13.0. The summed E-state index contributed by atoms with van der Waals surface area (Å²) < 4.78 is 42.9.